The van der Waals surface area contributed by atoms with Gasteiger partial charge in [0.2, 0.25) is 0 Å². The van der Waals surface area contributed by atoms with Crippen molar-refractivity contribution in [3.63, 3.8) is 0 Å². The molecule has 0 heterocycles. The van der Waals surface area contributed by atoms with Crippen molar-refractivity contribution in [1.29, 1.82) is 0 Å². The van der Waals surface area contributed by atoms with Gasteiger partial charge >= 0.3 is 12.1 Å². The second kappa shape index (κ2) is 9.30. The summed E-state index contributed by atoms with van der Waals surface area (Å²) in [5.41, 5.74) is 5.72. The number of carboxylic acid groups (broad SMARTS) is 1. The first-order valence-electron chi connectivity index (χ1n) is 11.1. The van der Waals surface area contributed by atoms with Crippen molar-refractivity contribution in [2.75, 3.05) is 0 Å². The number of carbonyl (C=O) groups is 1. The van der Waals surface area contributed by atoms with E-state index in [1.54, 1.807) is 18.2 Å². The van der Waals surface area contributed by atoms with Crippen LogP contribution in [0.15, 0.2) is 30.3 Å². The molecule has 1 unspecified atom stereocenters. The molecule has 176 valence electrons. The fourth-order valence-electron chi connectivity index (χ4n) is 4.58. The number of aliphatic carboxylic acids is 1. The Morgan fingerprint density at radius 1 is 1.12 bits per heavy atom. The van der Waals surface area contributed by atoms with Crippen LogP contribution in [0.25, 0.3) is 10.8 Å². The van der Waals surface area contributed by atoms with Crippen LogP contribution in [0.5, 0.6) is 5.75 Å². The van der Waals surface area contributed by atoms with E-state index in [0.29, 0.717) is 17.7 Å². The number of carboxylic acids is 1. The number of benzene rings is 2. The zero-order valence-electron chi connectivity index (χ0n) is 18.8. The zero-order chi connectivity index (χ0) is 23.7. The lowest BCUT2D eigenvalue weighted by molar-refractivity contribution is -0.139. The van der Waals surface area contributed by atoms with E-state index in [4.69, 9.17) is 15.6 Å². The van der Waals surface area contributed by atoms with Gasteiger partial charge in [0.1, 0.15) is 17.4 Å². The number of alkyl halides is 3. The van der Waals surface area contributed by atoms with Crippen LogP contribution < -0.4 is 10.5 Å². The third kappa shape index (κ3) is 5.74. The van der Waals surface area contributed by atoms with Crippen molar-refractivity contribution in [2.45, 2.75) is 77.6 Å². The van der Waals surface area contributed by atoms with Crippen LogP contribution in [0, 0.1) is 11.3 Å². The lowest BCUT2D eigenvalue weighted by Crippen LogP contribution is -2.31. The molecule has 0 bridgehead atoms. The fourth-order valence-corrected chi connectivity index (χ4v) is 4.58. The largest absolute Gasteiger partial charge is 0.490 e. The number of ether oxygens (including phenoxy) is 1. The highest BCUT2D eigenvalue weighted by molar-refractivity contribution is 5.89. The number of aryl methyl sites for hydroxylation is 1. The van der Waals surface area contributed by atoms with E-state index in [1.165, 1.54) is 12.1 Å². The predicted octanol–water partition coefficient (Wildman–Crippen LogP) is 6.19. The Hall–Kier alpha value is -2.28. The molecule has 7 heteroatoms. The first-order chi connectivity index (χ1) is 14.9. The molecule has 3 N–H and O–H groups in total. The van der Waals surface area contributed by atoms with Crippen molar-refractivity contribution in [3.8, 4) is 5.75 Å². The molecule has 0 amide bonds. The molecule has 0 aliphatic heterocycles. The molecule has 32 heavy (non-hydrogen) atoms. The quantitative estimate of drug-likeness (QED) is 0.550. The number of nitrogens with two attached hydrogens (primary N) is 1. The SMILES string of the molecule is CC(C)(C)C1CCC(Oc2ccc3cc(CCC(N)C(=O)O)ccc3c2C(F)(F)F)CC1. The van der Waals surface area contributed by atoms with Gasteiger partial charge in [0.25, 0.3) is 0 Å². The number of fused-ring (bicyclic) bond motifs is 1. The molecular weight excluding hydrogens is 419 g/mol. The molecule has 0 aromatic heterocycles. The van der Waals surface area contributed by atoms with Gasteiger partial charge in [0, 0.05) is 0 Å². The summed E-state index contributed by atoms with van der Waals surface area (Å²) < 4.78 is 48.0. The summed E-state index contributed by atoms with van der Waals surface area (Å²) in [5, 5.41) is 9.45. The molecule has 0 radical (unpaired) electrons. The van der Waals surface area contributed by atoms with Gasteiger partial charge in [-0.25, -0.2) is 0 Å². The van der Waals surface area contributed by atoms with E-state index in [-0.39, 0.29) is 29.1 Å². The third-order valence-corrected chi connectivity index (χ3v) is 6.58. The molecule has 1 aliphatic rings. The number of rotatable bonds is 6. The average molecular weight is 452 g/mol. The van der Waals surface area contributed by atoms with Gasteiger partial charge in [0.05, 0.1) is 6.10 Å². The minimum absolute atomic E-state index is 0.0876. The fraction of sp³-hybridized carbons (Fsp3) is 0.560. The van der Waals surface area contributed by atoms with E-state index in [0.717, 1.165) is 31.2 Å². The molecule has 0 saturated heterocycles. The molecule has 3 rings (SSSR count). The van der Waals surface area contributed by atoms with Crippen molar-refractivity contribution in [3.05, 3.63) is 41.5 Å². The maximum Gasteiger partial charge on any atom is 0.420 e. The minimum Gasteiger partial charge on any atom is -0.490 e. The Morgan fingerprint density at radius 2 is 1.78 bits per heavy atom. The van der Waals surface area contributed by atoms with Gasteiger partial charge in [-0.1, -0.05) is 45.0 Å². The van der Waals surface area contributed by atoms with Gasteiger partial charge in [-0.15, -0.1) is 0 Å². The summed E-state index contributed by atoms with van der Waals surface area (Å²) in [6, 6.07) is 6.76. The maximum absolute atomic E-state index is 14.0. The molecule has 4 nitrogen and oxygen atoms in total. The molecule has 1 aliphatic carbocycles. The zero-order valence-corrected chi connectivity index (χ0v) is 18.8. The van der Waals surface area contributed by atoms with Crippen LogP contribution in [0.1, 0.15) is 64.0 Å². The molecular formula is C25H32F3NO3. The lowest BCUT2D eigenvalue weighted by Gasteiger charge is -2.37. The second-order valence-electron chi connectivity index (χ2n) is 9.93. The smallest absolute Gasteiger partial charge is 0.420 e. The molecule has 0 spiro atoms. The predicted molar refractivity (Wildman–Crippen MR) is 119 cm³/mol. The van der Waals surface area contributed by atoms with Crippen LogP contribution in [0.4, 0.5) is 13.2 Å². The Kier molecular flexibility index (Phi) is 7.08. The van der Waals surface area contributed by atoms with Crippen LogP contribution in [-0.4, -0.2) is 23.2 Å². The van der Waals surface area contributed by atoms with Gasteiger partial charge in [-0.3, -0.25) is 4.79 Å². The number of hydrogen-bond acceptors (Lipinski definition) is 3. The second-order valence-corrected chi connectivity index (χ2v) is 9.93. The maximum atomic E-state index is 14.0. The monoisotopic (exact) mass is 451 g/mol. The summed E-state index contributed by atoms with van der Waals surface area (Å²) in [5.74, 6) is -0.665. The van der Waals surface area contributed by atoms with Gasteiger partial charge in [0.15, 0.2) is 0 Å². The Bertz CT molecular complexity index is 957. The summed E-state index contributed by atoms with van der Waals surface area (Å²) in [6.45, 7) is 6.61. The van der Waals surface area contributed by atoms with Crippen LogP contribution in [-0.2, 0) is 17.4 Å². The van der Waals surface area contributed by atoms with Crippen LogP contribution >= 0.6 is 0 Å². The molecule has 1 atom stereocenters. The standard InChI is InChI=1S/C25H32F3NO3/c1-24(2,3)17-7-9-18(10-8-17)32-21-13-6-16-14-15(5-12-20(29)23(30)31)4-11-19(16)22(21)25(26,27)28/h4,6,11,13-14,17-18,20H,5,7-10,12,29H2,1-3H3,(H,30,31). The van der Waals surface area contributed by atoms with Crippen LogP contribution in [0.2, 0.25) is 0 Å². The Balaban J connectivity index is 1.83. The third-order valence-electron chi connectivity index (χ3n) is 6.58. The van der Waals surface area contributed by atoms with Crippen molar-refractivity contribution >= 4 is 16.7 Å². The highest BCUT2D eigenvalue weighted by Crippen LogP contribution is 2.44. The van der Waals surface area contributed by atoms with Gasteiger partial charge < -0.3 is 15.6 Å². The van der Waals surface area contributed by atoms with Gasteiger partial charge in [-0.2, -0.15) is 13.2 Å². The summed E-state index contributed by atoms with van der Waals surface area (Å²) >= 11 is 0. The van der Waals surface area contributed by atoms with Crippen molar-refractivity contribution in [1.82, 2.24) is 0 Å². The molecule has 1 fully saturated rings. The number of halogens is 3. The Morgan fingerprint density at radius 3 is 2.34 bits per heavy atom. The molecule has 2 aromatic rings. The van der Waals surface area contributed by atoms with E-state index in [1.807, 2.05) is 0 Å². The summed E-state index contributed by atoms with van der Waals surface area (Å²) in [6.07, 6.45) is -0.782. The highest BCUT2D eigenvalue weighted by Gasteiger charge is 2.38. The highest BCUT2D eigenvalue weighted by atomic mass is 19.4. The van der Waals surface area contributed by atoms with E-state index in [2.05, 4.69) is 20.8 Å². The minimum atomic E-state index is -4.55. The van der Waals surface area contributed by atoms with Crippen molar-refractivity contribution < 1.29 is 27.8 Å². The van der Waals surface area contributed by atoms with E-state index < -0.39 is 23.8 Å². The summed E-state index contributed by atoms with van der Waals surface area (Å²) in [7, 11) is 0. The first kappa shape index (κ1) is 24.4. The van der Waals surface area contributed by atoms with E-state index in [9.17, 15) is 18.0 Å². The normalized spacial score (nSPS) is 20.8. The van der Waals surface area contributed by atoms with Gasteiger partial charge in [-0.05, 0) is 72.3 Å². The first-order valence-corrected chi connectivity index (χ1v) is 11.1. The average Bonchev–Trinajstić information content (AvgIpc) is 2.70. The topological polar surface area (TPSA) is 72.5 Å². The number of hydrogen-bond donors (Lipinski definition) is 2. The lowest BCUT2D eigenvalue weighted by atomic mass is 9.72. The van der Waals surface area contributed by atoms with Crippen molar-refractivity contribution in [2.24, 2.45) is 17.1 Å². The van der Waals surface area contributed by atoms with Crippen LogP contribution in [0.3, 0.4) is 0 Å². The molecule has 2 aromatic carbocycles. The summed E-state index contributed by atoms with van der Waals surface area (Å²) in [4.78, 5) is 10.9. The molecule has 1 saturated carbocycles. The van der Waals surface area contributed by atoms with E-state index >= 15 is 0 Å². The Labute approximate surface area is 186 Å².